The predicted molar refractivity (Wildman–Crippen MR) is 150 cm³/mol. The minimum atomic E-state index is 0.0190. The van der Waals surface area contributed by atoms with Crippen LogP contribution in [0.15, 0.2) is 64.5 Å². The number of hydrogen-bond donors (Lipinski definition) is 0. The van der Waals surface area contributed by atoms with Crippen LogP contribution in [0.3, 0.4) is 0 Å². The van der Waals surface area contributed by atoms with Crippen LogP contribution in [0.4, 0.5) is 0 Å². The molecule has 36 heavy (non-hydrogen) atoms. The summed E-state index contributed by atoms with van der Waals surface area (Å²) >= 11 is 3.44. The highest BCUT2D eigenvalue weighted by atomic mass is 32.2. The molecule has 0 N–H and O–H groups in total. The number of aromatic nitrogens is 4. The van der Waals surface area contributed by atoms with E-state index in [0.29, 0.717) is 11.7 Å². The van der Waals surface area contributed by atoms with Crippen molar-refractivity contribution in [3.63, 3.8) is 0 Å². The highest BCUT2D eigenvalue weighted by Gasteiger charge is 2.33. The van der Waals surface area contributed by atoms with E-state index in [1.807, 2.05) is 37.3 Å². The topological polar surface area (TPSA) is 52.2 Å². The molecule has 0 radical (unpaired) electrons. The van der Waals surface area contributed by atoms with Gasteiger partial charge in [-0.05, 0) is 60.3 Å². The fourth-order valence-corrected chi connectivity index (χ4v) is 7.69. The van der Waals surface area contributed by atoms with Gasteiger partial charge in [0.2, 0.25) is 5.78 Å². The molecule has 1 aliphatic rings. The maximum atomic E-state index is 14.2. The Hall–Kier alpha value is -2.90. The van der Waals surface area contributed by atoms with E-state index in [1.165, 1.54) is 16.0 Å². The molecule has 0 bridgehead atoms. The number of benzene rings is 2. The quantitative estimate of drug-likeness (QED) is 0.246. The number of thiophene rings is 1. The lowest BCUT2D eigenvalue weighted by Gasteiger charge is -2.33. The molecule has 0 aliphatic heterocycles. The summed E-state index contributed by atoms with van der Waals surface area (Å²) in [5, 5.41) is 10.9. The molecular weight excluding hydrogens is 484 g/mol. The number of para-hydroxylation sites is 1. The van der Waals surface area contributed by atoms with E-state index in [2.05, 4.69) is 59.6 Å². The van der Waals surface area contributed by atoms with Gasteiger partial charge in [0.25, 0.3) is 5.56 Å². The first-order chi connectivity index (χ1) is 17.3. The highest BCUT2D eigenvalue weighted by molar-refractivity contribution is 7.98. The summed E-state index contributed by atoms with van der Waals surface area (Å²) in [7, 11) is 0. The number of fused-ring (bicyclic) bond motifs is 5. The number of rotatable bonds is 4. The molecule has 184 valence electrons. The van der Waals surface area contributed by atoms with Crippen molar-refractivity contribution >= 4 is 39.1 Å². The number of aryl methyl sites for hydroxylation is 2. The third-order valence-electron chi connectivity index (χ3n) is 7.47. The summed E-state index contributed by atoms with van der Waals surface area (Å²) in [4.78, 5) is 16.5. The first kappa shape index (κ1) is 23.5. The maximum absolute atomic E-state index is 14.2. The monoisotopic (exact) mass is 514 g/mol. The van der Waals surface area contributed by atoms with Crippen molar-refractivity contribution in [2.75, 3.05) is 0 Å². The Morgan fingerprint density at radius 2 is 1.81 bits per heavy atom. The molecular formula is C29H30N4OS2. The Balaban J connectivity index is 1.60. The third-order valence-corrected chi connectivity index (χ3v) is 9.71. The van der Waals surface area contributed by atoms with Crippen LogP contribution in [0.25, 0.3) is 21.7 Å². The van der Waals surface area contributed by atoms with Crippen LogP contribution in [0.5, 0.6) is 0 Å². The summed E-state index contributed by atoms with van der Waals surface area (Å²) in [5.74, 6) is 1.99. The van der Waals surface area contributed by atoms with Gasteiger partial charge in [-0.1, -0.05) is 81.1 Å². The molecule has 5 aromatic rings. The first-order valence-corrected chi connectivity index (χ1v) is 14.3. The van der Waals surface area contributed by atoms with Crippen LogP contribution in [-0.2, 0) is 18.6 Å². The fraction of sp³-hybridized carbons (Fsp3) is 0.345. The van der Waals surface area contributed by atoms with Gasteiger partial charge in [0.1, 0.15) is 4.83 Å². The van der Waals surface area contributed by atoms with E-state index in [9.17, 15) is 4.79 Å². The zero-order valence-corrected chi connectivity index (χ0v) is 22.7. The Morgan fingerprint density at radius 1 is 1.06 bits per heavy atom. The Morgan fingerprint density at radius 3 is 2.56 bits per heavy atom. The van der Waals surface area contributed by atoms with E-state index < -0.39 is 0 Å². The van der Waals surface area contributed by atoms with E-state index in [0.717, 1.165) is 51.6 Å². The minimum absolute atomic E-state index is 0.0190. The lowest BCUT2D eigenvalue weighted by molar-refractivity contribution is 0.218. The standard InChI is InChI=1S/C29H30N4OS2/c1-18-10-8-9-13-22(18)32-25(34)24-21-15-14-20(29(2,3)4)16-23(21)36-26(24)33-27(32)30-31-28(33)35-17-19-11-6-5-7-12-19/h5-13,20H,14-17H2,1-4H3/t20-/m0/s1. The van der Waals surface area contributed by atoms with Crippen molar-refractivity contribution in [3.8, 4) is 5.69 Å². The van der Waals surface area contributed by atoms with Crippen LogP contribution in [0.2, 0.25) is 0 Å². The minimum Gasteiger partial charge on any atom is -0.268 e. The second-order valence-electron chi connectivity index (χ2n) is 10.8. The molecule has 1 atom stereocenters. The molecule has 7 heteroatoms. The van der Waals surface area contributed by atoms with Crippen molar-refractivity contribution in [2.24, 2.45) is 11.3 Å². The van der Waals surface area contributed by atoms with Crippen LogP contribution in [0.1, 0.15) is 48.8 Å². The summed E-state index contributed by atoms with van der Waals surface area (Å²) in [6.07, 6.45) is 3.08. The average Bonchev–Trinajstić information content (AvgIpc) is 3.45. The predicted octanol–water partition coefficient (Wildman–Crippen LogP) is 6.85. The number of hydrogen-bond acceptors (Lipinski definition) is 5. The lowest BCUT2D eigenvalue weighted by Crippen LogP contribution is -2.27. The molecule has 0 unspecified atom stereocenters. The highest BCUT2D eigenvalue weighted by Crippen LogP contribution is 2.43. The van der Waals surface area contributed by atoms with Gasteiger partial charge in [-0.15, -0.1) is 21.5 Å². The molecule has 0 fully saturated rings. The smallest absolute Gasteiger partial charge is 0.268 e. The molecule has 3 aromatic heterocycles. The number of nitrogens with zero attached hydrogens (tertiary/aromatic N) is 4. The van der Waals surface area contributed by atoms with Gasteiger partial charge < -0.3 is 0 Å². The molecule has 5 nitrogen and oxygen atoms in total. The van der Waals surface area contributed by atoms with Crippen molar-refractivity contribution < 1.29 is 0 Å². The molecule has 0 saturated heterocycles. The molecule has 3 heterocycles. The number of thioether (sulfide) groups is 1. The molecule has 2 aromatic carbocycles. The van der Waals surface area contributed by atoms with Crippen molar-refractivity contribution in [1.29, 1.82) is 0 Å². The fourth-order valence-electron chi connectivity index (χ4n) is 5.32. The Labute approximate surface area is 219 Å². The summed E-state index contributed by atoms with van der Waals surface area (Å²) in [6, 6.07) is 18.4. The molecule has 6 rings (SSSR count). The lowest BCUT2D eigenvalue weighted by atomic mass is 9.72. The average molecular weight is 515 g/mol. The molecule has 0 saturated carbocycles. The third kappa shape index (κ3) is 3.89. The van der Waals surface area contributed by atoms with Gasteiger partial charge >= 0.3 is 0 Å². The molecule has 1 aliphatic carbocycles. The normalized spacial score (nSPS) is 16.1. The summed E-state index contributed by atoms with van der Waals surface area (Å²) in [5.41, 5.74) is 4.64. The summed E-state index contributed by atoms with van der Waals surface area (Å²) < 4.78 is 3.91. The van der Waals surface area contributed by atoms with Crippen LogP contribution >= 0.6 is 23.1 Å². The van der Waals surface area contributed by atoms with Crippen LogP contribution in [-0.4, -0.2) is 19.2 Å². The Kier molecular flexibility index (Phi) is 5.80. The van der Waals surface area contributed by atoms with E-state index in [-0.39, 0.29) is 11.0 Å². The zero-order chi connectivity index (χ0) is 25.0. The van der Waals surface area contributed by atoms with Crippen molar-refractivity contribution in [2.45, 2.75) is 57.9 Å². The molecule has 0 spiro atoms. The van der Waals surface area contributed by atoms with Crippen molar-refractivity contribution in [1.82, 2.24) is 19.2 Å². The second kappa shape index (κ2) is 8.89. The van der Waals surface area contributed by atoms with Gasteiger partial charge in [0, 0.05) is 10.6 Å². The van der Waals surface area contributed by atoms with E-state index in [4.69, 9.17) is 0 Å². The SMILES string of the molecule is Cc1ccccc1-n1c(=O)c2c3c(sc2n2c(SCc4ccccc4)nnc12)C[C@@H](C(C)(C)C)CC3. The van der Waals surface area contributed by atoms with Gasteiger partial charge in [-0.25, -0.2) is 8.97 Å². The van der Waals surface area contributed by atoms with Crippen LogP contribution < -0.4 is 5.56 Å². The largest absolute Gasteiger partial charge is 0.268 e. The van der Waals surface area contributed by atoms with Gasteiger partial charge in [0.05, 0.1) is 11.1 Å². The molecule has 0 amide bonds. The maximum Gasteiger partial charge on any atom is 0.268 e. The van der Waals surface area contributed by atoms with Gasteiger partial charge in [-0.2, -0.15) is 0 Å². The van der Waals surface area contributed by atoms with Crippen LogP contribution in [0, 0.1) is 18.3 Å². The van der Waals surface area contributed by atoms with Crippen molar-refractivity contribution in [3.05, 3.63) is 86.5 Å². The Bertz CT molecular complexity index is 1640. The second-order valence-corrected chi connectivity index (χ2v) is 12.8. The van der Waals surface area contributed by atoms with E-state index >= 15 is 0 Å². The zero-order valence-electron chi connectivity index (χ0n) is 21.1. The first-order valence-electron chi connectivity index (χ1n) is 12.5. The van der Waals surface area contributed by atoms with Gasteiger partial charge in [-0.3, -0.25) is 4.79 Å². The summed E-state index contributed by atoms with van der Waals surface area (Å²) in [6.45, 7) is 9.04. The van der Waals surface area contributed by atoms with Gasteiger partial charge in [0.15, 0.2) is 5.16 Å². The van der Waals surface area contributed by atoms with E-state index in [1.54, 1.807) is 27.7 Å².